The normalized spacial score (nSPS) is 19.4. The van der Waals surface area contributed by atoms with Crippen molar-refractivity contribution in [3.8, 4) is 0 Å². The smallest absolute Gasteiger partial charge is 0.0587 e. The van der Waals surface area contributed by atoms with E-state index in [4.69, 9.17) is 4.74 Å². The molecule has 4 nitrogen and oxygen atoms in total. The molecular formula is C13H29N3O. The second kappa shape index (κ2) is 9.83. The number of unbranched alkanes of at least 4 members (excludes halogenated alkanes) is 1. The Hall–Kier alpha value is -0.160. The molecule has 1 aliphatic heterocycles. The molecule has 0 aliphatic carbocycles. The molecule has 102 valence electrons. The Morgan fingerprint density at radius 2 is 1.94 bits per heavy atom. The molecule has 0 radical (unpaired) electrons. The van der Waals surface area contributed by atoms with Gasteiger partial charge in [-0.1, -0.05) is 0 Å². The maximum atomic E-state index is 4.99. The molecular weight excluding hydrogens is 214 g/mol. The molecule has 0 amide bonds. The summed E-state index contributed by atoms with van der Waals surface area (Å²) in [6.07, 6.45) is 3.91. The van der Waals surface area contributed by atoms with E-state index in [9.17, 15) is 0 Å². The van der Waals surface area contributed by atoms with Crippen molar-refractivity contribution in [2.75, 3.05) is 66.6 Å². The maximum Gasteiger partial charge on any atom is 0.0587 e. The summed E-state index contributed by atoms with van der Waals surface area (Å²) in [5.41, 5.74) is 0. The topological polar surface area (TPSA) is 27.7 Å². The molecule has 4 heteroatoms. The number of methoxy groups -OCH3 is 1. The first-order valence-electron chi connectivity index (χ1n) is 6.93. The molecule has 0 unspecified atom stereocenters. The van der Waals surface area contributed by atoms with E-state index >= 15 is 0 Å². The molecule has 1 rings (SSSR count). The van der Waals surface area contributed by atoms with Crippen molar-refractivity contribution in [3.63, 3.8) is 0 Å². The first kappa shape index (κ1) is 14.9. The third-order valence-electron chi connectivity index (χ3n) is 3.37. The number of ether oxygens (including phenoxy) is 1. The van der Waals surface area contributed by atoms with E-state index in [0.717, 1.165) is 19.7 Å². The van der Waals surface area contributed by atoms with Crippen LogP contribution in [0, 0.1) is 0 Å². The SMILES string of the molecule is COCCNCCCCN1CCCN(C)CC1. The second-order valence-corrected chi connectivity index (χ2v) is 4.95. The van der Waals surface area contributed by atoms with Gasteiger partial charge in [0.05, 0.1) is 6.61 Å². The highest BCUT2D eigenvalue weighted by atomic mass is 16.5. The molecule has 1 fully saturated rings. The lowest BCUT2D eigenvalue weighted by Crippen LogP contribution is -2.30. The van der Waals surface area contributed by atoms with Crippen LogP contribution in [-0.4, -0.2) is 76.4 Å². The summed E-state index contributed by atoms with van der Waals surface area (Å²) < 4.78 is 4.99. The molecule has 1 aliphatic rings. The van der Waals surface area contributed by atoms with Crippen molar-refractivity contribution < 1.29 is 4.74 Å². The van der Waals surface area contributed by atoms with Crippen molar-refractivity contribution in [1.29, 1.82) is 0 Å². The molecule has 17 heavy (non-hydrogen) atoms. The first-order valence-corrected chi connectivity index (χ1v) is 6.93. The molecule has 1 saturated heterocycles. The van der Waals surface area contributed by atoms with Crippen LogP contribution < -0.4 is 5.32 Å². The highest BCUT2D eigenvalue weighted by Crippen LogP contribution is 2.02. The summed E-state index contributed by atoms with van der Waals surface area (Å²) in [7, 11) is 3.97. The fourth-order valence-electron chi connectivity index (χ4n) is 2.21. The van der Waals surface area contributed by atoms with Gasteiger partial charge in [-0.25, -0.2) is 0 Å². The van der Waals surface area contributed by atoms with Gasteiger partial charge in [0.2, 0.25) is 0 Å². The number of nitrogens with one attached hydrogen (secondary N) is 1. The number of hydrogen-bond donors (Lipinski definition) is 1. The summed E-state index contributed by atoms with van der Waals surface area (Å²) >= 11 is 0. The maximum absolute atomic E-state index is 4.99. The molecule has 1 heterocycles. The van der Waals surface area contributed by atoms with E-state index < -0.39 is 0 Å². The van der Waals surface area contributed by atoms with E-state index in [2.05, 4.69) is 22.2 Å². The van der Waals surface area contributed by atoms with Crippen molar-refractivity contribution in [1.82, 2.24) is 15.1 Å². The largest absolute Gasteiger partial charge is 0.383 e. The summed E-state index contributed by atoms with van der Waals surface area (Å²) in [6.45, 7) is 9.19. The minimum absolute atomic E-state index is 0.818. The van der Waals surface area contributed by atoms with Crippen LogP contribution in [0.3, 0.4) is 0 Å². The van der Waals surface area contributed by atoms with E-state index in [1.165, 1.54) is 52.0 Å². The minimum Gasteiger partial charge on any atom is -0.383 e. The first-order chi connectivity index (χ1) is 8.33. The Balaban J connectivity index is 1.91. The Labute approximate surface area is 106 Å². The Morgan fingerprint density at radius 3 is 2.76 bits per heavy atom. The molecule has 0 aromatic carbocycles. The summed E-state index contributed by atoms with van der Waals surface area (Å²) in [6, 6.07) is 0. The van der Waals surface area contributed by atoms with E-state index in [1.54, 1.807) is 7.11 Å². The second-order valence-electron chi connectivity index (χ2n) is 4.95. The van der Waals surface area contributed by atoms with Gasteiger partial charge >= 0.3 is 0 Å². The van der Waals surface area contributed by atoms with Crippen LogP contribution in [0.5, 0.6) is 0 Å². The van der Waals surface area contributed by atoms with E-state index in [0.29, 0.717) is 0 Å². The zero-order chi connectivity index (χ0) is 12.3. The predicted octanol–water partition coefficient (Wildman–Crippen LogP) is 0.640. The van der Waals surface area contributed by atoms with Gasteiger partial charge in [0.1, 0.15) is 0 Å². The molecule has 0 saturated carbocycles. The monoisotopic (exact) mass is 243 g/mol. The van der Waals surface area contributed by atoms with Gasteiger partial charge in [-0.05, 0) is 52.5 Å². The summed E-state index contributed by atoms with van der Waals surface area (Å²) in [5, 5.41) is 3.39. The molecule has 1 N–H and O–H groups in total. The molecule has 0 aromatic rings. The zero-order valence-electron chi connectivity index (χ0n) is 11.6. The average molecular weight is 243 g/mol. The third-order valence-corrected chi connectivity index (χ3v) is 3.37. The van der Waals surface area contributed by atoms with Crippen molar-refractivity contribution >= 4 is 0 Å². The fourth-order valence-corrected chi connectivity index (χ4v) is 2.21. The van der Waals surface area contributed by atoms with Crippen LogP contribution in [0.2, 0.25) is 0 Å². The van der Waals surface area contributed by atoms with Crippen LogP contribution in [0.1, 0.15) is 19.3 Å². The Bertz CT molecular complexity index is 178. The van der Waals surface area contributed by atoms with Crippen LogP contribution in [0.15, 0.2) is 0 Å². The summed E-state index contributed by atoms with van der Waals surface area (Å²) in [5.74, 6) is 0. The van der Waals surface area contributed by atoms with Crippen LogP contribution >= 0.6 is 0 Å². The van der Waals surface area contributed by atoms with Crippen molar-refractivity contribution in [2.45, 2.75) is 19.3 Å². The molecule has 0 aromatic heterocycles. The van der Waals surface area contributed by atoms with E-state index in [1.807, 2.05) is 0 Å². The van der Waals surface area contributed by atoms with Gasteiger partial charge in [0.15, 0.2) is 0 Å². The van der Waals surface area contributed by atoms with Crippen LogP contribution in [-0.2, 0) is 4.74 Å². The van der Waals surface area contributed by atoms with Crippen molar-refractivity contribution in [2.24, 2.45) is 0 Å². The highest BCUT2D eigenvalue weighted by molar-refractivity contribution is 4.67. The van der Waals surface area contributed by atoms with E-state index in [-0.39, 0.29) is 0 Å². The molecule has 0 atom stereocenters. The number of hydrogen-bond acceptors (Lipinski definition) is 4. The van der Waals surface area contributed by atoms with Gasteiger partial charge in [0.25, 0.3) is 0 Å². The molecule has 0 spiro atoms. The van der Waals surface area contributed by atoms with Gasteiger partial charge in [0, 0.05) is 26.7 Å². The van der Waals surface area contributed by atoms with Gasteiger partial charge < -0.3 is 19.9 Å². The predicted molar refractivity (Wildman–Crippen MR) is 72.5 cm³/mol. The Morgan fingerprint density at radius 1 is 1.06 bits per heavy atom. The van der Waals surface area contributed by atoms with Gasteiger partial charge in [-0.3, -0.25) is 0 Å². The van der Waals surface area contributed by atoms with Gasteiger partial charge in [-0.2, -0.15) is 0 Å². The lowest BCUT2D eigenvalue weighted by Gasteiger charge is -2.19. The minimum atomic E-state index is 0.818. The van der Waals surface area contributed by atoms with Crippen LogP contribution in [0.25, 0.3) is 0 Å². The third kappa shape index (κ3) is 7.71. The summed E-state index contributed by atoms with van der Waals surface area (Å²) in [4.78, 5) is 5.05. The molecule has 0 bridgehead atoms. The number of likely N-dealkylation sites (N-methyl/N-ethyl adjacent to an activating group) is 1. The lowest BCUT2D eigenvalue weighted by molar-refractivity contribution is 0.199. The standard InChI is InChI=1S/C13H29N3O/c1-15-8-5-10-16(12-11-15)9-4-3-6-14-7-13-17-2/h14H,3-13H2,1-2H3. The zero-order valence-corrected chi connectivity index (χ0v) is 11.6. The Kier molecular flexibility index (Phi) is 8.61. The number of nitrogens with zero attached hydrogens (tertiary/aromatic N) is 2. The van der Waals surface area contributed by atoms with Crippen LogP contribution in [0.4, 0.5) is 0 Å². The number of rotatable bonds is 8. The average Bonchev–Trinajstić information content (AvgIpc) is 2.53. The highest BCUT2D eigenvalue weighted by Gasteiger charge is 2.10. The lowest BCUT2D eigenvalue weighted by atomic mass is 10.2. The van der Waals surface area contributed by atoms with Crippen molar-refractivity contribution in [3.05, 3.63) is 0 Å². The fraction of sp³-hybridized carbons (Fsp3) is 1.00. The quantitative estimate of drug-likeness (QED) is 0.633. The van der Waals surface area contributed by atoms with Gasteiger partial charge in [-0.15, -0.1) is 0 Å².